The van der Waals surface area contributed by atoms with Gasteiger partial charge < -0.3 is 10.4 Å². The Morgan fingerprint density at radius 3 is 2.62 bits per heavy atom. The minimum Gasteiger partial charge on any atom is -0.505 e. The molecule has 0 aliphatic carbocycles. The highest BCUT2D eigenvalue weighted by Crippen LogP contribution is 2.21. The molecule has 16 heavy (non-hydrogen) atoms. The van der Waals surface area contributed by atoms with Crippen molar-refractivity contribution in [1.29, 1.82) is 0 Å². The van der Waals surface area contributed by atoms with Gasteiger partial charge in [0, 0.05) is 6.54 Å². The Hall–Kier alpha value is -1.65. The van der Waals surface area contributed by atoms with Crippen molar-refractivity contribution in [3.63, 3.8) is 0 Å². The van der Waals surface area contributed by atoms with Crippen molar-refractivity contribution >= 4 is 5.91 Å². The molecule has 0 saturated heterocycles. The Morgan fingerprint density at radius 1 is 1.44 bits per heavy atom. The first-order valence-corrected chi connectivity index (χ1v) is 4.88. The molecule has 0 atom stereocenters. The molecule has 5 heteroatoms. The molecular formula is C11H13F2NO2. The van der Waals surface area contributed by atoms with E-state index >= 15 is 0 Å². The molecule has 2 N–H and O–H groups in total. The molecule has 0 saturated carbocycles. The summed E-state index contributed by atoms with van der Waals surface area (Å²) < 4.78 is 26.5. The van der Waals surface area contributed by atoms with Crippen LogP contribution in [-0.2, 0) is 0 Å². The fourth-order valence-electron chi connectivity index (χ4n) is 1.13. The number of nitrogens with one attached hydrogen (secondary N) is 1. The summed E-state index contributed by atoms with van der Waals surface area (Å²) in [5.41, 5.74) is -0.749. The van der Waals surface area contributed by atoms with Crippen LogP contribution in [0.1, 0.15) is 24.2 Å². The number of carbonyl (C=O) groups excluding carboxylic acids is 1. The van der Waals surface area contributed by atoms with Crippen molar-refractivity contribution in [3.8, 4) is 5.75 Å². The first-order valence-electron chi connectivity index (χ1n) is 4.88. The van der Waals surface area contributed by atoms with Crippen LogP contribution in [-0.4, -0.2) is 17.6 Å². The van der Waals surface area contributed by atoms with E-state index in [1.165, 1.54) is 0 Å². The summed E-state index contributed by atoms with van der Waals surface area (Å²) in [6.07, 6.45) is 0. The number of phenolic OH excluding ortho intramolecular Hbond substituents is 1. The van der Waals surface area contributed by atoms with Gasteiger partial charge in [0.2, 0.25) is 0 Å². The summed E-state index contributed by atoms with van der Waals surface area (Å²) in [6, 6.07) is 1.71. The number of rotatable bonds is 3. The SMILES string of the molecule is CC(C)CNC(=O)c1c(F)ccc(O)c1F. The lowest BCUT2D eigenvalue weighted by atomic mass is 10.1. The molecule has 0 aliphatic heterocycles. The Balaban J connectivity index is 2.95. The molecule has 1 rings (SSSR count). The van der Waals surface area contributed by atoms with Crippen molar-refractivity contribution in [1.82, 2.24) is 5.32 Å². The van der Waals surface area contributed by atoms with Crippen LogP contribution < -0.4 is 5.32 Å². The number of aromatic hydroxyl groups is 1. The van der Waals surface area contributed by atoms with E-state index in [1.54, 1.807) is 0 Å². The Morgan fingerprint density at radius 2 is 2.06 bits per heavy atom. The average molecular weight is 229 g/mol. The number of carbonyl (C=O) groups is 1. The second kappa shape index (κ2) is 4.92. The van der Waals surface area contributed by atoms with Gasteiger partial charge in [-0.1, -0.05) is 13.8 Å². The maximum Gasteiger partial charge on any atom is 0.257 e. The molecule has 0 spiro atoms. The third-order valence-electron chi connectivity index (χ3n) is 1.97. The summed E-state index contributed by atoms with van der Waals surface area (Å²) in [5.74, 6) is -3.65. The molecule has 1 aromatic carbocycles. The quantitative estimate of drug-likeness (QED) is 0.833. The van der Waals surface area contributed by atoms with E-state index in [0.717, 1.165) is 12.1 Å². The summed E-state index contributed by atoms with van der Waals surface area (Å²) >= 11 is 0. The maximum atomic E-state index is 13.3. The number of phenols is 1. The van der Waals surface area contributed by atoms with Crippen LogP contribution >= 0.6 is 0 Å². The predicted octanol–water partition coefficient (Wildman–Crippen LogP) is 2.06. The van der Waals surface area contributed by atoms with Crippen molar-refractivity contribution < 1.29 is 18.7 Å². The van der Waals surface area contributed by atoms with Crippen LogP contribution in [0.3, 0.4) is 0 Å². The number of amides is 1. The Bertz CT molecular complexity index is 405. The zero-order valence-electron chi connectivity index (χ0n) is 9.05. The van der Waals surface area contributed by atoms with Crippen LogP contribution in [0.25, 0.3) is 0 Å². The van der Waals surface area contributed by atoms with E-state index in [4.69, 9.17) is 5.11 Å². The highest BCUT2D eigenvalue weighted by atomic mass is 19.1. The van der Waals surface area contributed by atoms with Crippen LogP contribution in [0, 0.1) is 17.6 Å². The molecule has 0 unspecified atom stereocenters. The van der Waals surface area contributed by atoms with E-state index in [9.17, 15) is 13.6 Å². The number of halogens is 2. The van der Waals surface area contributed by atoms with Crippen LogP contribution in [0.2, 0.25) is 0 Å². The second-order valence-electron chi connectivity index (χ2n) is 3.86. The minimum atomic E-state index is -1.23. The van der Waals surface area contributed by atoms with Gasteiger partial charge in [0.1, 0.15) is 11.4 Å². The zero-order valence-corrected chi connectivity index (χ0v) is 9.05. The molecule has 0 fully saturated rings. The molecule has 3 nitrogen and oxygen atoms in total. The van der Waals surface area contributed by atoms with Crippen LogP contribution in [0.5, 0.6) is 5.75 Å². The van der Waals surface area contributed by atoms with Gasteiger partial charge in [0.15, 0.2) is 11.6 Å². The number of benzene rings is 1. The fraction of sp³-hybridized carbons (Fsp3) is 0.364. The van der Waals surface area contributed by atoms with E-state index in [1.807, 2.05) is 13.8 Å². The lowest BCUT2D eigenvalue weighted by Crippen LogP contribution is -2.29. The van der Waals surface area contributed by atoms with Crippen molar-refractivity contribution in [2.45, 2.75) is 13.8 Å². The summed E-state index contributed by atoms with van der Waals surface area (Å²) in [5, 5.41) is 11.4. The van der Waals surface area contributed by atoms with Gasteiger partial charge in [0.05, 0.1) is 0 Å². The molecule has 0 aromatic heterocycles. The maximum absolute atomic E-state index is 13.3. The monoisotopic (exact) mass is 229 g/mol. The molecule has 0 heterocycles. The van der Waals surface area contributed by atoms with Gasteiger partial charge in [-0.3, -0.25) is 4.79 Å². The molecule has 0 aliphatic rings. The zero-order chi connectivity index (χ0) is 12.3. The molecule has 1 aromatic rings. The van der Waals surface area contributed by atoms with E-state index in [2.05, 4.69) is 5.32 Å². The topological polar surface area (TPSA) is 49.3 Å². The van der Waals surface area contributed by atoms with Crippen molar-refractivity contribution in [2.75, 3.05) is 6.54 Å². The van der Waals surface area contributed by atoms with Crippen LogP contribution in [0.4, 0.5) is 8.78 Å². The molecule has 0 bridgehead atoms. The third kappa shape index (κ3) is 2.68. The molecule has 0 radical (unpaired) electrons. The van der Waals surface area contributed by atoms with Gasteiger partial charge >= 0.3 is 0 Å². The first kappa shape index (κ1) is 12.4. The number of hydrogen-bond acceptors (Lipinski definition) is 2. The van der Waals surface area contributed by atoms with Crippen molar-refractivity contribution in [2.24, 2.45) is 5.92 Å². The summed E-state index contributed by atoms with van der Waals surface area (Å²) in [6.45, 7) is 4.03. The normalized spacial score (nSPS) is 10.6. The third-order valence-corrected chi connectivity index (χ3v) is 1.97. The summed E-state index contributed by atoms with van der Waals surface area (Å²) in [4.78, 5) is 11.4. The summed E-state index contributed by atoms with van der Waals surface area (Å²) in [7, 11) is 0. The Kier molecular flexibility index (Phi) is 3.82. The van der Waals surface area contributed by atoms with Crippen molar-refractivity contribution in [3.05, 3.63) is 29.3 Å². The van der Waals surface area contributed by atoms with Gasteiger partial charge in [0.25, 0.3) is 5.91 Å². The van der Waals surface area contributed by atoms with Gasteiger partial charge in [-0.2, -0.15) is 0 Å². The highest BCUT2D eigenvalue weighted by Gasteiger charge is 2.20. The standard InChI is InChI=1S/C11H13F2NO2/c1-6(2)5-14-11(16)9-7(12)3-4-8(15)10(9)13/h3-4,6,15H,5H2,1-2H3,(H,14,16). The van der Waals surface area contributed by atoms with E-state index in [0.29, 0.717) is 6.54 Å². The van der Waals surface area contributed by atoms with Crippen LogP contribution in [0.15, 0.2) is 12.1 Å². The van der Waals surface area contributed by atoms with E-state index < -0.39 is 28.9 Å². The van der Waals surface area contributed by atoms with E-state index in [-0.39, 0.29) is 5.92 Å². The molecular weight excluding hydrogens is 216 g/mol. The molecule has 88 valence electrons. The molecule has 1 amide bonds. The minimum absolute atomic E-state index is 0.174. The smallest absolute Gasteiger partial charge is 0.257 e. The Labute approximate surface area is 92.1 Å². The van der Waals surface area contributed by atoms with Gasteiger partial charge in [-0.05, 0) is 18.1 Å². The lowest BCUT2D eigenvalue weighted by Gasteiger charge is -2.09. The predicted molar refractivity (Wildman–Crippen MR) is 55.2 cm³/mol. The first-order chi connectivity index (χ1) is 7.43. The number of hydrogen-bond donors (Lipinski definition) is 2. The van der Waals surface area contributed by atoms with Gasteiger partial charge in [-0.15, -0.1) is 0 Å². The van der Waals surface area contributed by atoms with Gasteiger partial charge in [-0.25, -0.2) is 8.78 Å². The lowest BCUT2D eigenvalue weighted by molar-refractivity contribution is 0.0939. The second-order valence-corrected chi connectivity index (χ2v) is 3.86. The average Bonchev–Trinajstić information content (AvgIpc) is 2.21. The largest absolute Gasteiger partial charge is 0.505 e. The fourth-order valence-corrected chi connectivity index (χ4v) is 1.13. The highest BCUT2D eigenvalue weighted by molar-refractivity contribution is 5.95.